The van der Waals surface area contributed by atoms with Gasteiger partial charge in [-0.25, -0.2) is 0 Å². The molecule has 2 nitrogen and oxygen atoms in total. The van der Waals surface area contributed by atoms with Crippen molar-refractivity contribution in [3.8, 4) is 0 Å². The smallest absolute Gasteiger partial charge is 0.0625 e. The first-order valence-corrected chi connectivity index (χ1v) is 8.69. The third-order valence-corrected chi connectivity index (χ3v) is 4.83. The third-order valence-electron chi connectivity index (χ3n) is 4.83. The lowest BCUT2D eigenvalue weighted by Crippen LogP contribution is -2.43. The van der Waals surface area contributed by atoms with Crippen LogP contribution in [0.25, 0.3) is 0 Å². The minimum absolute atomic E-state index is 0.340. The molecule has 0 aliphatic heterocycles. The second kappa shape index (κ2) is 8.38. The highest BCUT2D eigenvalue weighted by molar-refractivity contribution is 4.85. The molecule has 0 saturated heterocycles. The fraction of sp³-hybridized carbons (Fsp3) is 1.00. The van der Waals surface area contributed by atoms with Gasteiger partial charge in [0.2, 0.25) is 0 Å². The van der Waals surface area contributed by atoms with Gasteiger partial charge in [-0.3, -0.25) is 0 Å². The molecule has 0 radical (unpaired) electrons. The van der Waals surface area contributed by atoms with Gasteiger partial charge < -0.3 is 10.1 Å². The minimum atomic E-state index is 0.340. The topological polar surface area (TPSA) is 21.3 Å². The van der Waals surface area contributed by atoms with Gasteiger partial charge in [-0.1, -0.05) is 27.7 Å². The molecule has 1 fully saturated rings. The molecule has 1 atom stereocenters. The molecule has 1 saturated carbocycles. The van der Waals surface area contributed by atoms with Crippen LogP contribution in [0.1, 0.15) is 73.6 Å². The molecule has 0 spiro atoms. The zero-order valence-electron chi connectivity index (χ0n) is 14.7. The molecule has 1 rings (SSSR count). The number of ether oxygens (including phenoxy) is 1. The van der Waals surface area contributed by atoms with Crippen LogP contribution in [0.5, 0.6) is 0 Å². The third kappa shape index (κ3) is 6.13. The van der Waals surface area contributed by atoms with Gasteiger partial charge in [-0.15, -0.1) is 0 Å². The van der Waals surface area contributed by atoms with Crippen LogP contribution in [0.2, 0.25) is 0 Å². The van der Waals surface area contributed by atoms with Crippen molar-refractivity contribution in [2.45, 2.75) is 85.8 Å². The zero-order chi connectivity index (χ0) is 15.2. The van der Waals surface area contributed by atoms with E-state index in [1.54, 1.807) is 0 Å². The Morgan fingerprint density at radius 3 is 2.15 bits per heavy atom. The van der Waals surface area contributed by atoms with E-state index in [2.05, 4.69) is 46.9 Å². The summed E-state index contributed by atoms with van der Waals surface area (Å²) in [6.07, 6.45) is 7.05. The van der Waals surface area contributed by atoms with Crippen LogP contribution < -0.4 is 5.32 Å². The molecule has 1 aliphatic rings. The van der Waals surface area contributed by atoms with Gasteiger partial charge in [0.1, 0.15) is 0 Å². The average molecular weight is 284 g/mol. The Hall–Kier alpha value is -0.0800. The van der Waals surface area contributed by atoms with Gasteiger partial charge in [0.15, 0.2) is 0 Å². The molecule has 0 bridgehead atoms. The lowest BCUT2D eigenvalue weighted by atomic mass is 9.68. The molecular formula is C18H37NO. The van der Waals surface area contributed by atoms with E-state index in [4.69, 9.17) is 4.74 Å². The van der Waals surface area contributed by atoms with Crippen molar-refractivity contribution in [1.82, 2.24) is 5.32 Å². The Bertz CT molecular complexity index is 249. The molecule has 0 aromatic rings. The summed E-state index contributed by atoms with van der Waals surface area (Å²) in [6.45, 7) is 15.7. The summed E-state index contributed by atoms with van der Waals surface area (Å²) >= 11 is 0. The van der Waals surface area contributed by atoms with Crippen LogP contribution in [0.4, 0.5) is 0 Å². The Labute approximate surface area is 127 Å². The fourth-order valence-corrected chi connectivity index (χ4v) is 3.38. The first kappa shape index (κ1) is 18.0. The Morgan fingerprint density at radius 1 is 1.10 bits per heavy atom. The van der Waals surface area contributed by atoms with E-state index in [1.807, 2.05) is 0 Å². The average Bonchev–Trinajstić information content (AvgIpc) is 2.38. The van der Waals surface area contributed by atoms with Crippen molar-refractivity contribution in [1.29, 1.82) is 0 Å². The Morgan fingerprint density at radius 2 is 1.70 bits per heavy atom. The summed E-state index contributed by atoms with van der Waals surface area (Å²) < 4.78 is 5.89. The van der Waals surface area contributed by atoms with Crippen molar-refractivity contribution in [2.75, 3.05) is 13.2 Å². The largest absolute Gasteiger partial charge is 0.377 e. The number of hydrogen-bond acceptors (Lipinski definition) is 2. The van der Waals surface area contributed by atoms with Gasteiger partial charge in [0.05, 0.1) is 12.7 Å². The van der Waals surface area contributed by atoms with Gasteiger partial charge in [-0.2, -0.15) is 0 Å². The predicted molar refractivity (Wildman–Crippen MR) is 88.1 cm³/mol. The van der Waals surface area contributed by atoms with Crippen molar-refractivity contribution in [3.63, 3.8) is 0 Å². The second-order valence-corrected chi connectivity index (χ2v) is 7.92. The monoisotopic (exact) mass is 283 g/mol. The summed E-state index contributed by atoms with van der Waals surface area (Å²) in [5.41, 5.74) is 0.478. The maximum Gasteiger partial charge on any atom is 0.0625 e. The van der Waals surface area contributed by atoms with Crippen LogP contribution in [-0.2, 0) is 4.74 Å². The molecule has 0 amide bonds. The molecule has 1 unspecified atom stereocenters. The summed E-state index contributed by atoms with van der Waals surface area (Å²) in [4.78, 5) is 0. The second-order valence-electron chi connectivity index (χ2n) is 7.92. The zero-order valence-corrected chi connectivity index (χ0v) is 14.7. The van der Waals surface area contributed by atoms with Crippen LogP contribution in [0, 0.1) is 17.3 Å². The molecule has 0 aromatic heterocycles. The first-order valence-electron chi connectivity index (χ1n) is 8.69. The van der Waals surface area contributed by atoms with Crippen molar-refractivity contribution >= 4 is 0 Å². The van der Waals surface area contributed by atoms with Crippen LogP contribution in [0.15, 0.2) is 0 Å². The van der Waals surface area contributed by atoms with E-state index < -0.39 is 0 Å². The molecule has 1 aliphatic carbocycles. The molecular weight excluding hydrogens is 246 g/mol. The maximum atomic E-state index is 5.89. The van der Waals surface area contributed by atoms with Gasteiger partial charge in [0.25, 0.3) is 0 Å². The van der Waals surface area contributed by atoms with E-state index in [-0.39, 0.29) is 0 Å². The molecule has 20 heavy (non-hydrogen) atoms. The molecule has 120 valence electrons. The van der Waals surface area contributed by atoms with E-state index in [1.165, 1.54) is 32.1 Å². The highest BCUT2D eigenvalue weighted by atomic mass is 16.5. The predicted octanol–water partition coefficient (Wildman–Crippen LogP) is 4.63. The standard InChI is InChI=1S/C18H37NO/c1-7-12-19-17(13-20-14(2)3)15-8-10-16(11-9-15)18(4,5)6/h14-17,19H,7-13H2,1-6H3. The maximum absolute atomic E-state index is 5.89. The van der Waals surface area contributed by atoms with E-state index >= 15 is 0 Å². The van der Waals surface area contributed by atoms with Gasteiger partial charge in [0, 0.05) is 6.04 Å². The first-order chi connectivity index (χ1) is 9.34. The van der Waals surface area contributed by atoms with E-state index in [9.17, 15) is 0 Å². The summed E-state index contributed by atoms with van der Waals surface area (Å²) in [5.74, 6) is 1.70. The summed E-state index contributed by atoms with van der Waals surface area (Å²) in [7, 11) is 0. The van der Waals surface area contributed by atoms with Crippen LogP contribution >= 0.6 is 0 Å². The normalized spacial score (nSPS) is 25.9. The molecule has 0 aromatic carbocycles. The molecule has 1 N–H and O–H groups in total. The van der Waals surface area contributed by atoms with Crippen LogP contribution in [0.3, 0.4) is 0 Å². The summed E-state index contributed by atoms with van der Waals surface area (Å²) in [5, 5.41) is 3.72. The van der Waals surface area contributed by atoms with Gasteiger partial charge >= 0.3 is 0 Å². The van der Waals surface area contributed by atoms with Crippen molar-refractivity contribution < 1.29 is 4.74 Å². The highest BCUT2D eigenvalue weighted by Crippen LogP contribution is 2.40. The van der Waals surface area contributed by atoms with Gasteiger partial charge in [-0.05, 0) is 69.7 Å². The van der Waals surface area contributed by atoms with Crippen molar-refractivity contribution in [3.05, 3.63) is 0 Å². The van der Waals surface area contributed by atoms with E-state index in [0.29, 0.717) is 17.6 Å². The quantitative estimate of drug-likeness (QED) is 0.735. The number of rotatable bonds is 7. The lowest BCUT2D eigenvalue weighted by Gasteiger charge is -2.39. The van der Waals surface area contributed by atoms with E-state index in [0.717, 1.165) is 25.0 Å². The SMILES string of the molecule is CCCNC(COC(C)C)C1CCC(C(C)(C)C)CC1. The highest BCUT2D eigenvalue weighted by Gasteiger charge is 2.32. The minimum Gasteiger partial charge on any atom is -0.377 e. The fourth-order valence-electron chi connectivity index (χ4n) is 3.38. The number of hydrogen-bond donors (Lipinski definition) is 1. The Balaban J connectivity index is 2.47. The Kier molecular flexibility index (Phi) is 7.53. The number of nitrogens with one attached hydrogen (secondary N) is 1. The van der Waals surface area contributed by atoms with Crippen molar-refractivity contribution in [2.24, 2.45) is 17.3 Å². The van der Waals surface area contributed by atoms with Crippen LogP contribution in [-0.4, -0.2) is 25.3 Å². The molecule has 2 heteroatoms. The molecule has 0 heterocycles. The summed E-state index contributed by atoms with van der Waals surface area (Å²) in [6, 6.07) is 0.554. The lowest BCUT2D eigenvalue weighted by molar-refractivity contribution is 0.0350.